The van der Waals surface area contributed by atoms with Gasteiger partial charge in [-0.3, -0.25) is 5.26 Å². The lowest BCUT2D eigenvalue weighted by molar-refractivity contribution is -0.360. The first kappa shape index (κ1) is 17.7. The summed E-state index contributed by atoms with van der Waals surface area (Å²) in [5.41, 5.74) is 0. The molecule has 3 rings (SSSR count). The van der Waals surface area contributed by atoms with Crippen LogP contribution in [0.4, 0.5) is 0 Å². The highest BCUT2D eigenvalue weighted by Crippen LogP contribution is 2.37. The number of hydrogen-bond acceptors (Lipinski definition) is 4. The molecule has 1 unspecified atom stereocenters. The topological polar surface area (TPSA) is 47.9 Å². The van der Waals surface area contributed by atoms with Crippen LogP contribution in [0, 0.1) is 29.6 Å². The molecule has 1 saturated heterocycles. The van der Waals surface area contributed by atoms with E-state index in [1.807, 2.05) is 0 Å². The first-order valence-corrected chi connectivity index (χ1v) is 9.70. The molecule has 3 fully saturated rings. The largest absolute Gasteiger partial charge is 0.349 e. The van der Waals surface area contributed by atoms with Crippen LogP contribution < -0.4 is 0 Å². The Morgan fingerprint density at radius 1 is 0.783 bits per heavy atom. The molecule has 0 bridgehead atoms. The second-order valence-corrected chi connectivity index (χ2v) is 8.41. The molecule has 1 N–H and O–H groups in total. The van der Waals surface area contributed by atoms with Crippen LogP contribution in [0.25, 0.3) is 0 Å². The van der Waals surface area contributed by atoms with Gasteiger partial charge in [0.05, 0.1) is 13.2 Å². The lowest BCUT2D eigenvalue weighted by Crippen LogP contribution is -2.46. The summed E-state index contributed by atoms with van der Waals surface area (Å²) in [6.45, 7) is 6.17. The molecule has 23 heavy (non-hydrogen) atoms. The summed E-state index contributed by atoms with van der Waals surface area (Å²) in [4.78, 5) is 4.81. The van der Waals surface area contributed by atoms with Gasteiger partial charge in [-0.1, -0.05) is 39.5 Å². The van der Waals surface area contributed by atoms with Crippen molar-refractivity contribution in [3.05, 3.63) is 0 Å². The van der Waals surface area contributed by atoms with Gasteiger partial charge in [0.15, 0.2) is 6.29 Å². The summed E-state index contributed by atoms with van der Waals surface area (Å²) in [6, 6.07) is 0. The highest BCUT2D eigenvalue weighted by Gasteiger charge is 2.39. The molecular formula is C19H34O4. The van der Waals surface area contributed by atoms with Gasteiger partial charge < -0.3 is 9.47 Å². The van der Waals surface area contributed by atoms with Crippen LogP contribution in [0.1, 0.15) is 65.2 Å². The van der Waals surface area contributed by atoms with Crippen molar-refractivity contribution >= 4 is 0 Å². The molecule has 2 aliphatic carbocycles. The molecule has 1 atom stereocenters. The Morgan fingerprint density at radius 2 is 1.30 bits per heavy atom. The first-order chi connectivity index (χ1) is 11.2. The predicted octanol–water partition coefficient (Wildman–Crippen LogP) is 4.49. The lowest BCUT2D eigenvalue weighted by atomic mass is 9.76. The summed E-state index contributed by atoms with van der Waals surface area (Å²) in [5, 5.41) is 9.38. The van der Waals surface area contributed by atoms with E-state index in [2.05, 4.69) is 13.8 Å². The molecule has 134 valence electrons. The summed E-state index contributed by atoms with van der Waals surface area (Å²) < 4.78 is 12.0. The van der Waals surface area contributed by atoms with Gasteiger partial charge in [0.2, 0.25) is 0 Å². The van der Waals surface area contributed by atoms with Gasteiger partial charge in [0.1, 0.15) is 6.10 Å². The smallest absolute Gasteiger partial charge is 0.187 e. The maximum absolute atomic E-state index is 9.38. The van der Waals surface area contributed by atoms with Gasteiger partial charge in [0.25, 0.3) is 0 Å². The van der Waals surface area contributed by atoms with Crippen molar-refractivity contribution in [2.75, 3.05) is 13.2 Å². The molecule has 4 nitrogen and oxygen atoms in total. The maximum Gasteiger partial charge on any atom is 0.187 e. The van der Waals surface area contributed by atoms with Gasteiger partial charge in [-0.25, -0.2) is 4.89 Å². The van der Waals surface area contributed by atoms with Crippen LogP contribution in [0.3, 0.4) is 0 Å². The fraction of sp³-hybridized carbons (Fsp3) is 1.00. The zero-order valence-electron chi connectivity index (χ0n) is 14.8. The lowest BCUT2D eigenvalue weighted by Gasteiger charge is -2.41. The van der Waals surface area contributed by atoms with E-state index in [-0.39, 0.29) is 6.10 Å². The van der Waals surface area contributed by atoms with Crippen LogP contribution in [0.5, 0.6) is 0 Å². The van der Waals surface area contributed by atoms with Crippen LogP contribution in [0.2, 0.25) is 0 Å². The van der Waals surface area contributed by atoms with Gasteiger partial charge in [0, 0.05) is 5.92 Å². The minimum absolute atomic E-state index is 0.324. The fourth-order valence-electron chi connectivity index (χ4n) is 4.72. The van der Waals surface area contributed by atoms with E-state index in [9.17, 15) is 5.26 Å². The third-order valence-corrected chi connectivity index (χ3v) is 6.59. The molecule has 2 saturated carbocycles. The first-order valence-electron chi connectivity index (χ1n) is 9.70. The van der Waals surface area contributed by atoms with Crippen molar-refractivity contribution in [1.82, 2.24) is 0 Å². The monoisotopic (exact) mass is 326 g/mol. The Morgan fingerprint density at radius 3 is 1.83 bits per heavy atom. The van der Waals surface area contributed by atoms with Crippen LogP contribution in [0.15, 0.2) is 0 Å². The molecule has 0 radical (unpaired) electrons. The molecular weight excluding hydrogens is 292 g/mol. The molecule has 1 aliphatic heterocycles. The van der Waals surface area contributed by atoms with E-state index in [1.165, 1.54) is 38.5 Å². The fourth-order valence-corrected chi connectivity index (χ4v) is 4.72. The quantitative estimate of drug-likeness (QED) is 0.611. The molecule has 0 aromatic heterocycles. The van der Waals surface area contributed by atoms with Gasteiger partial charge in [-0.2, -0.15) is 0 Å². The molecule has 0 spiro atoms. The van der Waals surface area contributed by atoms with E-state index < -0.39 is 6.29 Å². The summed E-state index contributed by atoms with van der Waals surface area (Å²) in [6.07, 6.45) is 9.19. The molecule has 0 aromatic carbocycles. The van der Waals surface area contributed by atoms with E-state index in [0.717, 1.165) is 43.8 Å². The van der Waals surface area contributed by atoms with Crippen LogP contribution >= 0.6 is 0 Å². The van der Waals surface area contributed by atoms with Crippen molar-refractivity contribution < 1.29 is 19.6 Å². The summed E-state index contributed by atoms with van der Waals surface area (Å²) in [7, 11) is 0. The van der Waals surface area contributed by atoms with Crippen LogP contribution in [-0.4, -0.2) is 30.9 Å². The Bertz CT molecular complexity index is 337. The Labute approximate surface area is 140 Å². The number of rotatable bonds is 4. The number of hydrogen-bond donors (Lipinski definition) is 1. The van der Waals surface area contributed by atoms with Crippen molar-refractivity contribution in [3.8, 4) is 0 Å². The predicted molar refractivity (Wildman–Crippen MR) is 88.9 cm³/mol. The molecule has 1 heterocycles. The molecule has 3 aliphatic rings. The Kier molecular flexibility index (Phi) is 6.36. The summed E-state index contributed by atoms with van der Waals surface area (Å²) in [5.74, 6) is 3.29. The van der Waals surface area contributed by atoms with Crippen molar-refractivity contribution in [1.29, 1.82) is 0 Å². The maximum atomic E-state index is 9.38. The minimum Gasteiger partial charge on any atom is -0.349 e. The second-order valence-electron chi connectivity index (χ2n) is 8.41. The number of ether oxygens (including phenoxy) is 2. The SMILES string of the molecule is CC1CCC(C2COC(C(OO)C3CCC(C)CC3)OC2)CC1. The third kappa shape index (κ3) is 4.47. The molecule has 0 amide bonds. The van der Waals surface area contributed by atoms with Crippen LogP contribution in [-0.2, 0) is 14.4 Å². The third-order valence-electron chi connectivity index (χ3n) is 6.59. The van der Waals surface area contributed by atoms with Gasteiger partial charge in [-0.15, -0.1) is 0 Å². The van der Waals surface area contributed by atoms with Gasteiger partial charge in [-0.05, 0) is 49.4 Å². The van der Waals surface area contributed by atoms with E-state index >= 15 is 0 Å². The normalized spacial score (nSPS) is 44.0. The van der Waals surface area contributed by atoms with E-state index in [4.69, 9.17) is 14.4 Å². The summed E-state index contributed by atoms with van der Waals surface area (Å²) >= 11 is 0. The van der Waals surface area contributed by atoms with Crippen molar-refractivity contribution in [2.24, 2.45) is 29.6 Å². The average Bonchev–Trinajstić information content (AvgIpc) is 2.59. The standard InChI is InChI=1S/C19H34O4/c1-13-3-7-15(8-4-13)17-11-21-19(22-12-17)18(23-20)16-9-5-14(2)6-10-16/h13-20H,3-12H2,1-2H3. The highest BCUT2D eigenvalue weighted by atomic mass is 17.1. The van der Waals surface area contributed by atoms with E-state index in [1.54, 1.807) is 0 Å². The molecule has 0 aromatic rings. The zero-order valence-corrected chi connectivity index (χ0v) is 14.8. The highest BCUT2D eigenvalue weighted by molar-refractivity contribution is 4.83. The Balaban J connectivity index is 1.47. The zero-order chi connectivity index (χ0) is 16.2. The van der Waals surface area contributed by atoms with Gasteiger partial charge >= 0.3 is 0 Å². The second kappa shape index (κ2) is 8.28. The average molecular weight is 326 g/mol. The van der Waals surface area contributed by atoms with E-state index in [0.29, 0.717) is 11.8 Å². The molecule has 4 heteroatoms. The van der Waals surface area contributed by atoms with Crippen molar-refractivity contribution in [2.45, 2.75) is 77.6 Å². The van der Waals surface area contributed by atoms with Crippen molar-refractivity contribution in [3.63, 3.8) is 0 Å². The minimum atomic E-state index is -0.392. The Hall–Kier alpha value is -0.160.